The lowest BCUT2D eigenvalue weighted by atomic mass is 10.2. The van der Waals surface area contributed by atoms with Gasteiger partial charge in [0.25, 0.3) is 0 Å². The Kier molecular flexibility index (Phi) is 4.55. The molecule has 1 N–H and O–H groups in total. The zero-order chi connectivity index (χ0) is 13.8. The summed E-state index contributed by atoms with van der Waals surface area (Å²) >= 11 is 18.0. The molecule has 96 valence electrons. The molecule has 19 heavy (non-hydrogen) atoms. The van der Waals surface area contributed by atoms with Crippen molar-refractivity contribution < 1.29 is 0 Å². The van der Waals surface area contributed by atoms with Crippen molar-refractivity contribution in [3.05, 3.63) is 62.6 Å². The number of rotatable bonds is 3. The van der Waals surface area contributed by atoms with Gasteiger partial charge in [-0.25, -0.2) is 0 Å². The number of benzene rings is 2. The van der Waals surface area contributed by atoms with Gasteiger partial charge < -0.3 is 5.32 Å². The van der Waals surface area contributed by atoms with Crippen molar-refractivity contribution in [2.45, 2.75) is 6.54 Å². The molecule has 0 atom stereocenters. The largest absolute Gasteiger partial charge is 0.381 e. The van der Waals surface area contributed by atoms with Crippen LogP contribution in [0.1, 0.15) is 11.1 Å². The van der Waals surface area contributed by atoms with E-state index in [1.807, 2.05) is 18.2 Å². The maximum atomic E-state index is 8.80. The van der Waals surface area contributed by atoms with E-state index in [0.717, 1.165) is 11.3 Å². The van der Waals surface area contributed by atoms with E-state index in [1.165, 1.54) is 0 Å². The molecule has 0 aliphatic carbocycles. The average molecular weight is 312 g/mol. The molecule has 2 aromatic carbocycles. The van der Waals surface area contributed by atoms with Gasteiger partial charge in [-0.15, -0.1) is 0 Å². The Morgan fingerprint density at radius 2 is 1.84 bits per heavy atom. The Labute approximate surface area is 126 Å². The summed E-state index contributed by atoms with van der Waals surface area (Å²) in [4.78, 5) is 0. The van der Waals surface area contributed by atoms with Crippen LogP contribution in [0.3, 0.4) is 0 Å². The number of nitriles is 1. The molecule has 5 heteroatoms. The zero-order valence-corrected chi connectivity index (χ0v) is 12.0. The second-order valence-corrected chi connectivity index (χ2v) is 5.07. The zero-order valence-electron chi connectivity index (χ0n) is 9.75. The minimum absolute atomic E-state index is 0.421. The quantitative estimate of drug-likeness (QED) is 0.853. The van der Waals surface area contributed by atoms with Gasteiger partial charge in [-0.1, -0.05) is 46.9 Å². The van der Waals surface area contributed by atoms with Crippen molar-refractivity contribution in [2.24, 2.45) is 0 Å². The molecule has 0 saturated heterocycles. The number of nitrogens with zero attached hydrogens (tertiary/aromatic N) is 1. The second kappa shape index (κ2) is 6.16. The van der Waals surface area contributed by atoms with E-state index in [9.17, 15) is 0 Å². The standard InChI is InChI=1S/C14H9Cl3N2/c15-12-3-1-2-10(14(12)17)8-19-11-5-4-9(7-18)13(16)6-11/h1-6,19H,8H2. The van der Waals surface area contributed by atoms with Crippen LogP contribution in [0.2, 0.25) is 15.1 Å². The van der Waals surface area contributed by atoms with E-state index >= 15 is 0 Å². The van der Waals surface area contributed by atoms with Crippen LogP contribution in [-0.2, 0) is 6.54 Å². The molecule has 0 fully saturated rings. The van der Waals surface area contributed by atoms with E-state index in [-0.39, 0.29) is 0 Å². The van der Waals surface area contributed by atoms with Gasteiger partial charge in [0.05, 0.1) is 20.6 Å². The minimum Gasteiger partial charge on any atom is -0.381 e. The fourth-order valence-electron chi connectivity index (χ4n) is 1.60. The first-order valence-corrected chi connectivity index (χ1v) is 6.61. The maximum Gasteiger partial charge on any atom is 0.101 e. The molecule has 0 radical (unpaired) electrons. The summed E-state index contributed by atoms with van der Waals surface area (Å²) in [5.74, 6) is 0. The minimum atomic E-state index is 0.421. The molecule has 0 aliphatic rings. The van der Waals surface area contributed by atoms with Crippen molar-refractivity contribution >= 4 is 40.5 Å². The van der Waals surface area contributed by atoms with Crippen molar-refractivity contribution in [1.82, 2.24) is 0 Å². The number of nitrogens with one attached hydrogen (secondary N) is 1. The van der Waals surface area contributed by atoms with Gasteiger partial charge in [0.1, 0.15) is 6.07 Å². The van der Waals surface area contributed by atoms with Crippen LogP contribution in [0.4, 0.5) is 5.69 Å². The summed E-state index contributed by atoms with van der Waals surface area (Å²) in [6.07, 6.45) is 0. The lowest BCUT2D eigenvalue weighted by Crippen LogP contribution is -2.00. The summed E-state index contributed by atoms with van der Waals surface area (Å²) in [6.45, 7) is 0.529. The van der Waals surface area contributed by atoms with Crippen molar-refractivity contribution in [3.63, 3.8) is 0 Å². The molecule has 0 heterocycles. The highest BCUT2D eigenvalue weighted by Crippen LogP contribution is 2.27. The number of hydrogen-bond acceptors (Lipinski definition) is 2. The van der Waals surface area contributed by atoms with Gasteiger partial charge in [-0.2, -0.15) is 5.26 Å². The molecule has 2 aromatic rings. The van der Waals surface area contributed by atoms with Crippen LogP contribution in [0.25, 0.3) is 0 Å². The number of anilines is 1. The Hall–Kier alpha value is -1.40. The maximum absolute atomic E-state index is 8.80. The predicted octanol–water partition coefficient (Wildman–Crippen LogP) is 5.13. The molecule has 0 bridgehead atoms. The third-order valence-electron chi connectivity index (χ3n) is 2.60. The Morgan fingerprint density at radius 3 is 2.53 bits per heavy atom. The molecule has 0 amide bonds. The number of hydrogen-bond donors (Lipinski definition) is 1. The highest BCUT2D eigenvalue weighted by Gasteiger charge is 2.05. The van der Waals surface area contributed by atoms with Crippen LogP contribution in [0.15, 0.2) is 36.4 Å². The first-order chi connectivity index (χ1) is 9.11. The molecular weight excluding hydrogens is 303 g/mol. The van der Waals surface area contributed by atoms with Crippen LogP contribution >= 0.6 is 34.8 Å². The fraction of sp³-hybridized carbons (Fsp3) is 0.0714. The van der Waals surface area contributed by atoms with Crippen LogP contribution < -0.4 is 5.32 Å². The van der Waals surface area contributed by atoms with E-state index < -0.39 is 0 Å². The van der Waals surface area contributed by atoms with E-state index in [2.05, 4.69) is 5.32 Å². The van der Waals surface area contributed by atoms with Crippen molar-refractivity contribution in [3.8, 4) is 6.07 Å². The van der Waals surface area contributed by atoms with E-state index in [4.69, 9.17) is 40.1 Å². The Morgan fingerprint density at radius 1 is 1.05 bits per heavy atom. The lowest BCUT2D eigenvalue weighted by Gasteiger charge is -2.09. The van der Waals surface area contributed by atoms with Gasteiger partial charge in [0, 0.05) is 12.2 Å². The summed E-state index contributed by atoms with van der Waals surface area (Å²) in [5.41, 5.74) is 2.17. The summed E-state index contributed by atoms with van der Waals surface area (Å²) in [7, 11) is 0. The highest BCUT2D eigenvalue weighted by atomic mass is 35.5. The third kappa shape index (κ3) is 3.33. The lowest BCUT2D eigenvalue weighted by molar-refractivity contribution is 1.15. The van der Waals surface area contributed by atoms with Crippen molar-refractivity contribution in [1.29, 1.82) is 5.26 Å². The van der Waals surface area contributed by atoms with Gasteiger partial charge in [0.15, 0.2) is 0 Å². The van der Waals surface area contributed by atoms with Gasteiger partial charge >= 0.3 is 0 Å². The molecule has 0 saturated carbocycles. The molecule has 0 aromatic heterocycles. The van der Waals surface area contributed by atoms with Gasteiger partial charge in [0.2, 0.25) is 0 Å². The van der Waals surface area contributed by atoms with Gasteiger partial charge in [-0.3, -0.25) is 0 Å². The smallest absolute Gasteiger partial charge is 0.101 e. The summed E-state index contributed by atoms with van der Waals surface area (Å²) in [6, 6.07) is 12.7. The fourth-order valence-corrected chi connectivity index (χ4v) is 2.21. The first kappa shape index (κ1) is 14.0. The molecular formula is C14H9Cl3N2. The SMILES string of the molecule is N#Cc1ccc(NCc2cccc(Cl)c2Cl)cc1Cl. The number of halogens is 3. The highest BCUT2D eigenvalue weighted by molar-refractivity contribution is 6.42. The predicted molar refractivity (Wildman–Crippen MR) is 80.0 cm³/mol. The average Bonchev–Trinajstić information content (AvgIpc) is 2.40. The van der Waals surface area contributed by atoms with E-state index in [1.54, 1.807) is 24.3 Å². The van der Waals surface area contributed by atoms with Crippen molar-refractivity contribution in [2.75, 3.05) is 5.32 Å². The summed E-state index contributed by atoms with van der Waals surface area (Å²) in [5, 5.41) is 13.5. The normalized spacial score (nSPS) is 10.0. The molecule has 0 unspecified atom stereocenters. The third-order valence-corrected chi connectivity index (χ3v) is 3.77. The summed E-state index contributed by atoms with van der Waals surface area (Å²) < 4.78 is 0. The van der Waals surface area contributed by atoms with E-state index in [0.29, 0.717) is 27.2 Å². The molecule has 2 rings (SSSR count). The first-order valence-electron chi connectivity index (χ1n) is 5.48. The van der Waals surface area contributed by atoms with Crippen LogP contribution in [0, 0.1) is 11.3 Å². The topological polar surface area (TPSA) is 35.8 Å². The molecule has 0 spiro atoms. The molecule has 0 aliphatic heterocycles. The van der Waals surface area contributed by atoms with Gasteiger partial charge in [-0.05, 0) is 29.8 Å². The Balaban J connectivity index is 2.13. The second-order valence-electron chi connectivity index (χ2n) is 3.87. The van der Waals surface area contributed by atoms with Crippen LogP contribution in [-0.4, -0.2) is 0 Å². The monoisotopic (exact) mass is 310 g/mol. The molecule has 2 nitrogen and oxygen atoms in total. The van der Waals surface area contributed by atoms with Crippen LogP contribution in [0.5, 0.6) is 0 Å². The Bertz CT molecular complexity index is 648.